The molecule has 1 aromatic rings. The highest BCUT2D eigenvalue weighted by Crippen LogP contribution is 2.18. The number of rotatable bonds is 2. The molecule has 2 nitrogen and oxygen atoms in total. The van der Waals surface area contributed by atoms with E-state index < -0.39 is 0 Å². The molecule has 1 aromatic carbocycles. The molecule has 0 aromatic heterocycles. The number of nitriles is 1. The van der Waals surface area contributed by atoms with Crippen molar-refractivity contribution in [3.05, 3.63) is 35.9 Å². The molecule has 16 heavy (non-hydrogen) atoms. The summed E-state index contributed by atoms with van der Waals surface area (Å²) in [4.78, 5) is 2.32. The maximum absolute atomic E-state index is 9.17. The fourth-order valence-corrected chi connectivity index (χ4v) is 2.32. The van der Waals surface area contributed by atoms with Crippen LogP contribution in [0.2, 0.25) is 0 Å². The highest BCUT2D eigenvalue weighted by atomic mass is 15.1. The van der Waals surface area contributed by atoms with Crippen molar-refractivity contribution in [2.75, 3.05) is 6.54 Å². The summed E-state index contributed by atoms with van der Waals surface area (Å²) in [6.07, 6.45) is 4.72. The van der Waals surface area contributed by atoms with Gasteiger partial charge < -0.3 is 0 Å². The summed E-state index contributed by atoms with van der Waals surface area (Å²) in [5.41, 5.74) is 1.31. The predicted octanol–water partition coefficient (Wildman–Crippen LogP) is 2.95. The second-order valence-electron chi connectivity index (χ2n) is 4.45. The molecule has 2 heteroatoms. The molecule has 0 N–H and O–H groups in total. The third-order valence-electron chi connectivity index (χ3n) is 3.24. The van der Waals surface area contributed by atoms with Crippen LogP contribution < -0.4 is 0 Å². The van der Waals surface area contributed by atoms with Gasteiger partial charge in [0.05, 0.1) is 12.1 Å². The van der Waals surface area contributed by atoms with Gasteiger partial charge in [-0.25, -0.2) is 0 Å². The zero-order valence-electron chi connectivity index (χ0n) is 9.60. The Morgan fingerprint density at radius 3 is 2.75 bits per heavy atom. The Balaban J connectivity index is 2.04. The van der Waals surface area contributed by atoms with E-state index in [4.69, 9.17) is 0 Å². The van der Waals surface area contributed by atoms with Crippen LogP contribution in [0.4, 0.5) is 0 Å². The first kappa shape index (κ1) is 11.2. The Bertz CT molecular complexity index is 353. The zero-order chi connectivity index (χ0) is 11.2. The van der Waals surface area contributed by atoms with Crippen molar-refractivity contribution in [2.45, 2.75) is 38.3 Å². The summed E-state index contributed by atoms with van der Waals surface area (Å²) >= 11 is 0. The van der Waals surface area contributed by atoms with Crippen LogP contribution in [-0.2, 0) is 6.54 Å². The predicted molar refractivity (Wildman–Crippen MR) is 64.7 cm³/mol. The molecule has 0 amide bonds. The minimum absolute atomic E-state index is 0.114. The third-order valence-corrected chi connectivity index (χ3v) is 3.24. The van der Waals surface area contributed by atoms with Gasteiger partial charge in [-0.05, 0) is 24.9 Å². The Morgan fingerprint density at radius 1 is 1.19 bits per heavy atom. The topological polar surface area (TPSA) is 27.0 Å². The van der Waals surface area contributed by atoms with Crippen LogP contribution in [-0.4, -0.2) is 17.5 Å². The standard InChI is InChI=1S/C14H18N2/c15-11-14-9-5-2-6-10-16(14)12-13-7-3-1-4-8-13/h1,3-4,7-8,14H,2,5-6,9-10,12H2. The highest BCUT2D eigenvalue weighted by Gasteiger charge is 2.20. The molecule has 0 spiro atoms. The summed E-state index contributed by atoms with van der Waals surface area (Å²) in [6.45, 7) is 1.98. The van der Waals surface area contributed by atoms with Crippen LogP contribution in [0, 0.1) is 11.3 Å². The van der Waals surface area contributed by atoms with E-state index in [2.05, 4.69) is 35.2 Å². The molecule has 1 fully saturated rings. The fraction of sp³-hybridized carbons (Fsp3) is 0.500. The van der Waals surface area contributed by atoms with E-state index in [9.17, 15) is 5.26 Å². The normalized spacial score (nSPS) is 22.3. The summed E-state index contributed by atoms with van der Waals surface area (Å²) in [6, 6.07) is 13.0. The van der Waals surface area contributed by atoms with Crippen molar-refractivity contribution in [3.8, 4) is 6.07 Å². The van der Waals surface area contributed by atoms with Crippen LogP contribution in [0.3, 0.4) is 0 Å². The van der Waals surface area contributed by atoms with E-state index in [0.717, 1.165) is 19.5 Å². The Hall–Kier alpha value is -1.33. The molecule has 0 radical (unpaired) electrons. The number of nitrogens with zero attached hydrogens (tertiary/aromatic N) is 2. The van der Waals surface area contributed by atoms with Gasteiger partial charge in [-0.15, -0.1) is 0 Å². The van der Waals surface area contributed by atoms with Gasteiger partial charge in [0, 0.05) is 6.54 Å². The van der Waals surface area contributed by atoms with E-state index in [-0.39, 0.29) is 6.04 Å². The first-order valence-corrected chi connectivity index (χ1v) is 6.08. The van der Waals surface area contributed by atoms with Crippen LogP contribution >= 0.6 is 0 Å². The first-order chi connectivity index (χ1) is 7.90. The van der Waals surface area contributed by atoms with Crippen LogP contribution in [0.1, 0.15) is 31.2 Å². The van der Waals surface area contributed by atoms with Crippen molar-refractivity contribution in [1.82, 2.24) is 4.90 Å². The largest absolute Gasteiger partial charge is 0.284 e. The molecular formula is C14H18N2. The summed E-state index contributed by atoms with van der Waals surface area (Å²) in [5.74, 6) is 0. The summed E-state index contributed by atoms with van der Waals surface area (Å²) < 4.78 is 0. The molecule has 1 saturated heterocycles. The summed E-state index contributed by atoms with van der Waals surface area (Å²) in [7, 11) is 0. The zero-order valence-corrected chi connectivity index (χ0v) is 9.60. The van der Waals surface area contributed by atoms with E-state index in [0.29, 0.717) is 0 Å². The number of benzene rings is 1. The van der Waals surface area contributed by atoms with Gasteiger partial charge in [-0.2, -0.15) is 5.26 Å². The average molecular weight is 214 g/mol. The number of hydrogen-bond acceptors (Lipinski definition) is 2. The average Bonchev–Trinajstić information content (AvgIpc) is 2.55. The van der Waals surface area contributed by atoms with Crippen LogP contribution in [0.5, 0.6) is 0 Å². The number of hydrogen-bond donors (Lipinski definition) is 0. The third kappa shape index (κ3) is 2.84. The maximum Gasteiger partial charge on any atom is 0.0980 e. The molecule has 0 saturated carbocycles. The Labute approximate surface area is 97.5 Å². The monoisotopic (exact) mass is 214 g/mol. The summed E-state index contributed by atoms with van der Waals surface area (Å²) in [5, 5.41) is 9.17. The van der Waals surface area contributed by atoms with E-state index in [1.165, 1.54) is 24.8 Å². The van der Waals surface area contributed by atoms with Gasteiger partial charge in [0.25, 0.3) is 0 Å². The fourth-order valence-electron chi connectivity index (χ4n) is 2.32. The lowest BCUT2D eigenvalue weighted by Crippen LogP contribution is -2.33. The molecule has 1 atom stereocenters. The van der Waals surface area contributed by atoms with Gasteiger partial charge in [-0.1, -0.05) is 43.2 Å². The van der Waals surface area contributed by atoms with Crippen molar-refractivity contribution in [3.63, 3.8) is 0 Å². The Morgan fingerprint density at radius 2 is 2.00 bits per heavy atom. The lowest BCUT2D eigenvalue weighted by Gasteiger charge is -2.24. The molecule has 0 bridgehead atoms. The molecule has 1 aliphatic rings. The first-order valence-electron chi connectivity index (χ1n) is 6.08. The van der Waals surface area contributed by atoms with Gasteiger partial charge in [-0.3, -0.25) is 4.90 Å². The van der Waals surface area contributed by atoms with Crippen LogP contribution in [0.25, 0.3) is 0 Å². The van der Waals surface area contributed by atoms with Crippen molar-refractivity contribution in [2.24, 2.45) is 0 Å². The molecular weight excluding hydrogens is 196 g/mol. The molecule has 1 heterocycles. The van der Waals surface area contributed by atoms with Crippen molar-refractivity contribution >= 4 is 0 Å². The minimum atomic E-state index is 0.114. The van der Waals surface area contributed by atoms with E-state index in [1.807, 2.05) is 6.07 Å². The second-order valence-corrected chi connectivity index (χ2v) is 4.45. The van der Waals surface area contributed by atoms with Gasteiger partial charge in [0.2, 0.25) is 0 Å². The van der Waals surface area contributed by atoms with Gasteiger partial charge >= 0.3 is 0 Å². The minimum Gasteiger partial charge on any atom is -0.284 e. The maximum atomic E-state index is 9.17. The molecule has 84 valence electrons. The Kier molecular flexibility index (Phi) is 3.96. The SMILES string of the molecule is N#CC1CCCCCN1Cc1ccccc1. The number of likely N-dealkylation sites (tertiary alicyclic amines) is 1. The lowest BCUT2D eigenvalue weighted by molar-refractivity contribution is 0.230. The molecule has 1 aliphatic heterocycles. The van der Waals surface area contributed by atoms with Crippen molar-refractivity contribution in [1.29, 1.82) is 5.26 Å². The lowest BCUT2D eigenvalue weighted by atomic mass is 10.1. The quantitative estimate of drug-likeness (QED) is 0.756. The van der Waals surface area contributed by atoms with E-state index >= 15 is 0 Å². The smallest absolute Gasteiger partial charge is 0.0980 e. The van der Waals surface area contributed by atoms with Gasteiger partial charge in [0.15, 0.2) is 0 Å². The van der Waals surface area contributed by atoms with Gasteiger partial charge in [0.1, 0.15) is 0 Å². The highest BCUT2D eigenvalue weighted by molar-refractivity contribution is 5.15. The van der Waals surface area contributed by atoms with Crippen molar-refractivity contribution < 1.29 is 0 Å². The molecule has 1 unspecified atom stereocenters. The van der Waals surface area contributed by atoms with Crippen LogP contribution in [0.15, 0.2) is 30.3 Å². The van der Waals surface area contributed by atoms with E-state index in [1.54, 1.807) is 0 Å². The molecule has 0 aliphatic carbocycles. The molecule has 2 rings (SSSR count). The second kappa shape index (κ2) is 5.67.